The van der Waals surface area contributed by atoms with E-state index < -0.39 is 5.97 Å². The summed E-state index contributed by atoms with van der Waals surface area (Å²) in [5, 5.41) is 9.15. The first-order valence-corrected chi connectivity index (χ1v) is 5.76. The highest BCUT2D eigenvalue weighted by Gasteiger charge is 2.20. The van der Waals surface area contributed by atoms with Crippen molar-refractivity contribution >= 4 is 27.6 Å². The van der Waals surface area contributed by atoms with Crippen molar-refractivity contribution in [2.75, 3.05) is 18.0 Å². The molecule has 1 aromatic carbocycles. The van der Waals surface area contributed by atoms with Crippen LogP contribution in [-0.4, -0.2) is 24.2 Å². The molecule has 4 heteroatoms. The van der Waals surface area contributed by atoms with Gasteiger partial charge in [-0.25, -0.2) is 4.79 Å². The van der Waals surface area contributed by atoms with Crippen LogP contribution in [0.5, 0.6) is 0 Å². The maximum atomic E-state index is 11.1. The van der Waals surface area contributed by atoms with E-state index in [4.69, 9.17) is 5.11 Å². The molecule has 1 saturated heterocycles. The first-order chi connectivity index (χ1) is 7.20. The molecule has 0 unspecified atom stereocenters. The van der Waals surface area contributed by atoms with Gasteiger partial charge in [0.2, 0.25) is 0 Å². The van der Waals surface area contributed by atoms with Gasteiger partial charge in [-0.15, -0.1) is 0 Å². The molecule has 1 fully saturated rings. The Bertz CT molecular complexity index is 386. The summed E-state index contributed by atoms with van der Waals surface area (Å²) in [6, 6.07) is 5.52. The van der Waals surface area contributed by atoms with Gasteiger partial charge in [0.05, 0.1) is 11.3 Å². The maximum Gasteiger partial charge on any atom is 0.338 e. The summed E-state index contributed by atoms with van der Waals surface area (Å²) < 4.78 is 0.652. The van der Waals surface area contributed by atoms with E-state index in [-0.39, 0.29) is 0 Å². The summed E-state index contributed by atoms with van der Waals surface area (Å²) in [5.74, 6) is -0.871. The van der Waals surface area contributed by atoms with Gasteiger partial charge in [0.1, 0.15) is 0 Å². The monoisotopic (exact) mass is 269 g/mol. The Balaban J connectivity index is 2.45. The highest BCUT2D eigenvalue weighted by Crippen LogP contribution is 2.30. The van der Waals surface area contributed by atoms with Crippen molar-refractivity contribution in [3.8, 4) is 0 Å². The average molecular weight is 270 g/mol. The summed E-state index contributed by atoms with van der Waals surface area (Å²) in [4.78, 5) is 13.3. The van der Waals surface area contributed by atoms with E-state index in [0.717, 1.165) is 31.6 Å². The highest BCUT2D eigenvalue weighted by molar-refractivity contribution is 9.10. The van der Waals surface area contributed by atoms with Crippen LogP contribution in [0.4, 0.5) is 5.69 Å². The lowest BCUT2D eigenvalue weighted by Crippen LogP contribution is -2.20. The molecule has 3 nitrogen and oxygen atoms in total. The Morgan fingerprint density at radius 1 is 1.33 bits per heavy atom. The molecule has 0 radical (unpaired) electrons. The smallest absolute Gasteiger partial charge is 0.338 e. The number of carbonyl (C=O) groups is 1. The molecule has 0 bridgehead atoms. The van der Waals surface area contributed by atoms with Crippen LogP contribution in [-0.2, 0) is 0 Å². The molecule has 0 saturated carbocycles. The van der Waals surface area contributed by atoms with Crippen molar-refractivity contribution in [1.29, 1.82) is 0 Å². The standard InChI is InChI=1S/C11H12BrNO2/c12-8-4-3-5-9(10(8)11(14)15)13-6-1-2-7-13/h3-5H,1-2,6-7H2,(H,14,15). The third kappa shape index (κ3) is 2.00. The molecular weight excluding hydrogens is 258 g/mol. The van der Waals surface area contributed by atoms with E-state index in [1.165, 1.54) is 0 Å². The van der Waals surface area contributed by atoms with Crippen molar-refractivity contribution in [2.24, 2.45) is 0 Å². The Morgan fingerprint density at radius 3 is 2.60 bits per heavy atom. The molecule has 1 aliphatic rings. The van der Waals surface area contributed by atoms with Crippen molar-refractivity contribution in [2.45, 2.75) is 12.8 Å². The van der Waals surface area contributed by atoms with E-state index in [1.54, 1.807) is 6.07 Å². The minimum Gasteiger partial charge on any atom is -0.478 e. The first kappa shape index (κ1) is 10.5. The number of carboxylic acids is 1. The van der Waals surface area contributed by atoms with E-state index in [9.17, 15) is 4.79 Å². The topological polar surface area (TPSA) is 40.5 Å². The van der Waals surface area contributed by atoms with Crippen LogP contribution < -0.4 is 4.90 Å². The number of aromatic carboxylic acids is 1. The SMILES string of the molecule is O=C(O)c1c(Br)cccc1N1CCCC1. The second-order valence-electron chi connectivity index (χ2n) is 3.63. The fourth-order valence-electron chi connectivity index (χ4n) is 1.95. The van der Waals surface area contributed by atoms with Gasteiger partial charge < -0.3 is 10.0 Å². The van der Waals surface area contributed by atoms with Gasteiger partial charge in [0, 0.05) is 17.6 Å². The second-order valence-corrected chi connectivity index (χ2v) is 4.49. The molecule has 2 rings (SSSR count). The van der Waals surface area contributed by atoms with Crippen LogP contribution in [0.15, 0.2) is 22.7 Å². The predicted octanol–water partition coefficient (Wildman–Crippen LogP) is 2.75. The van der Waals surface area contributed by atoms with Gasteiger partial charge >= 0.3 is 5.97 Å². The number of nitrogens with zero attached hydrogens (tertiary/aromatic N) is 1. The Labute approximate surface area is 96.8 Å². The maximum absolute atomic E-state index is 11.1. The quantitative estimate of drug-likeness (QED) is 0.898. The third-order valence-electron chi connectivity index (χ3n) is 2.65. The van der Waals surface area contributed by atoms with Crippen molar-refractivity contribution in [3.05, 3.63) is 28.2 Å². The van der Waals surface area contributed by atoms with Crippen molar-refractivity contribution < 1.29 is 9.90 Å². The Hall–Kier alpha value is -1.03. The summed E-state index contributed by atoms with van der Waals surface area (Å²) in [6.07, 6.45) is 2.29. The summed E-state index contributed by atoms with van der Waals surface area (Å²) in [5.41, 5.74) is 1.20. The molecule has 80 valence electrons. The van der Waals surface area contributed by atoms with Crippen molar-refractivity contribution in [3.63, 3.8) is 0 Å². The van der Waals surface area contributed by atoms with Crippen LogP contribution in [0.1, 0.15) is 23.2 Å². The number of hydrogen-bond acceptors (Lipinski definition) is 2. The number of rotatable bonds is 2. The molecule has 0 spiro atoms. The van der Waals surface area contributed by atoms with Gasteiger partial charge in [-0.3, -0.25) is 0 Å². The molecule has 1 N–H and O–H groups in total. The van der Waals surface area contributed by atoms with Crippen molar-refractivity contribution in [1.82, 2.24) is 0 Å². The van der Waals surface area contributed by atoms with Gasteiger partial charge in [-0.1, -0.05) is 6.07 Å². The van der Waals surface area contributed by atoms with E-state index in [1.807, 2.05) is 12.1 Å². The third-order valence-corrected chi connectivity index (χ3v) is 3.31. The number of benzene rings is 1. The number of carboxylic acid groups (broad SMARTS) is 1. The van der Waals surface area contributed by atoms with Crippen LogP contribution in [0.2, 0.25) is 0 Å². The Kier molecular flexibility index (Phi) is 2.95. The molecule has 15 heavy (non-hydrogen) atoms. The summed E-state index contributed by atoms with van der Waals surface area (Å²) in [7, 11) is 0. The second kappa shape index (κ2) is 4.23. The zero-order valence-corrected chi connectivity index (χ0v) is 9.83. The van der Waals surface area contributed by atoms with Crippen LogP contribution in [0.25, 0.3) is 0 Å². The van der Waals surface area contributed by atoms with Gasteiger partial charge in [0.25, 0.3) is 0 Å². The Morgan fingerprint density at radius 2 is 2.00 bits per heavy atom. The highest BCUT2D eigenvalue weighted by atomic mass is 79.9. The van der Waals surface area contributed by atoms with Gasteiger partial charge in [-0.05, 0) is 40.9 Å². The lowest BCUT2D eigenvalue weighted by Gasteiger charge is -2.20. The fourth-order valence-corrected chi connectivity index (χ4v) is 2.47. The summed E-state index contributed by atoms with van der Waals surface area (Å²) >= 11 is 3.29. The predicted molar refractivity (Wildman–Crippen MR) is 62.5 cm³/mol. The van der Waals surface area contributed by atoms with E-state index in [0.29, 0.717) is 10.0 Å². The average Bonchev–Trinajstić information content (AvgIpc) is 2.69. The largest absolute Gasteiger partial charge is 0.478 e. The zero-order chi connectivity index (χ0) is 10.8. The van der Waals surface area contributed by atoms with Crippen LogP contribution >= 0.6 is 15.9 Å². The van der Waals surface area contributed by atoms with E-state index >= 15 is 0 Å². The minimum atomic E-state index is -0.871. The summed E-state index contributed by atoms with van der Waals surface area (Å²) in [6.45, 7) is 1.91. The molecule has 0 aromatic heterocycles. The molecule has 1 aliphatic heterocycles. The van der Waals surface area contributed by atoms with Crippen LogP contribution in [0.3, 0.4) is 0 Å². The fraction of sp³-hybridized carbons (Fsp3) is 0.364. The van der Waals surface area contributed by atoms with E-state index in [2.05, 4.69) is 20.8 Å². The van der Waals surface area contributed by atoms with Crippen LogP contribution in [0, 0.1) is 0 Å². The normalized spacial score (nSPS) is 15.7. The number of anilines is 1. The molecular formula is C11H12BrNO2. The number of halogens is 1. The number of hydrogen-bond donors (Lipinski definition) is 1. The molecule has 1 heterocycles. The molecule has 0 amide bonds. The van der Waals surface area contributed by atoms with Gasteiger partial charge in [0.15, 0.2) is 0 Å². The lowest BCUT2D eigenvalue weighted by molar-refractivity contribution is 0.0696. The molecule has 0 aliphatic carbocycles. The first-order valence-electron chi connectivity index (χ1n) is 4.97. The molecule has 0 atom stereocenters. The van der Waals surface area contributed by atoms with Gasteiger partial charge in [-0.2, -0.15) is 0 Å². The minimum absolute atomic E-state index is 0.374. The molecule has 1 aromatic rings. The lowest BCUT2D eigenvalue weighted by atomic mass is 10.1. The zero-order valence-electron chi connectivity index (χ0n) is 8.24.